The Hall–Kier alpha value is -1.12. The summed E-state index contributed by atoms with van der Waals surface area (Å²) in [6.07, 6.45) is 13.5. The molecule has 0 saturated heterocycles. The molecule has 0 saturated carbocycles. The van der Waals surface area contributed by atoms with E-state index in [1.807, 2.05) is 55.4 Å². The van der Waals surface area contributed by atoms with E-state index < -0.39 is 91.6 Å². The van der Waals surface area contributed by atoms with Gasteiger partial charge in [-0.1, -0.05) is 329 Å². The first-order valence-electron chi connectivity index (χ1n) is 37.7. The van der Waals surface area contributed by atoms with Crippen molar-refractivity contribution in [2.45, 2.75) is 524 Å². The van der Waals surface area contributed by atoms with Crippen LogP contribution in [0.25, 0.3) is 0 Å². The van der Waals surface area contributed by atoms with Crippen molar-refractivity contribution < 1.29 is 143 Å². The Kier molecular flexibility index (Phi) is 332. The van der Waals surface area contributed by atoms with Crippen molar-refractivity contribution in [3.8, 4) is 0 Å². The predicted octanol–water partition coefficient (Wildman–Crippen LogP) is 16.2. The van der Waals surface area contributed by atoms with Gasteiger partial charge in [-0.05, 0) is 96.8 Å². The number of hydrogen-bond donors (Lipinski definition) is 27. The molecule has 0 aromatic carbocycles. The molecule has 28 heteroatoms. The van der Waals surface area contributed by atoms with Crippen LogP contribution in [0.3, 0.4) is 0 Å². The van der Waals surface area contributed by atoms with Crippen LogP contribution >= 0.6 is 0 Å². The zero-order chi connectivity index (χ0) is 81.0. The second kappa shape index (κ2) is 181. The van der Waals surface area contributed by atoms with Crippen LogP contribution in [0.1, 0.15) is 433 Å². The first-order valence-corrected chi connectivity index (χ1v) is 37.7. The second-order valence-electron chi connectivity index (χ2n) is 25.5. The molecule has 0 amide bonds. The molecule has 17 unspecified atom stereocenters. The molecule has 27 N–H and O–H groups in total. The Morgan fingerprint density at radius 1 is 0.252 bits per heavy atom. The average Bonchev–Trinajstić information content (AvgIpc) is 0.904. The zero-order valence-electron chi connectivity index (χ0n) is 65.8. The van der Waals surface area contributed by atoms with Gasteiger partial charge in [-0.25, -0.2) is 0 Å². The predicted molar refractivity (Wildman–Crippen MR) is 548 cm³/mol. The molecule has 0 aromatic rings. The Labute approximate surface area is 774 Å². The summed E-state index contributed by atoms with van der Waals surface area (Å²) in [5.74, 6) is 0.509. The highest BCUT2D eigenvalue weighted by Gasteiger charge is 2.28. The molecule has 0 aliphatic heterocycles. The first-order chi connectivity index (χ1) is 47.7. The lowest BCUT2D eigenvalue weighted by Crippen LogP contribution is -2.40. The van der Waals surface area contributed by atoms with Crippen molar-refractivity contribution in [3.05, 3.63) is 0 Å². The third-order valence-corrected chi connectivity index (χ3v) is 15.0. The first kappa shape index (κ1) is 225. The number of aliphatic hydroxyl groups is 27. The highest BCUT2D eigenvalue weighted by Crippen LogP contribution is 2.19. The van der Waals surface area contributed by atoms with Crippen LogP contribution in [0, 0.1) is 17.8 Å². The van der Waals surface area contributed by atoms with E-state index in [0.717, 1.165) is 128 Å². The topological polar surface area (TPSA) is 555 Å². The lowest BCUT2D eigenvalue weighted by atomic mass is 9.92. The van der Waals surface area contributed by atoms with Crippen LogP contribution in [-0.4, -0.2) is 322 Å². The molecule has 0 radical (unpaired) electrons. The lowest BCUT2D eigenvalue weighted by molar-refractivity contribution is -0.0918. The Morgan fingerprint density at radius 3 is 0.797 bits per heavy atom. The van der Waals surface area contributed by atoms with E-state index in [-0.39, 0.29) is 273 Å². The van der Waals surface area contributed by atoms with E-state index in [9.17, 15) is 10.2 Å². The zero-order valence-corrected chi connectivity index (χ0v) is 65.8. The number of rotatable bonds is 49. The number of methoxy groups -OCH3 is 1. The molecule has 0 spiro atoms. The summed E-state index contributed by atoms with van der Waals surface area (Å²) in [6.45, 7) is 24.0. The molecular formula is C95H256O28. The van der Waals surface area contributed by atoms with Gasteiger partial charge in [0.25, 0.3) is 0 Å². The summed E-state index contributed by atoms with van der Waals surface area (Å²) in [6, 6.07) is 0. The average molecular weight is 1850 g/mol. The summed E-state index contributed by atoms with van der Waals surface area (Å²) < 4.78 is 4.95. The maximum Gasteiger partial charge on any atom is 0.108 e. The molecule has 0 aromatic heterocycles. The standard InChI is InChI=1S/2C8H18O4.C7H16O3.3C7H16O2.C6H14O3.3C6H14O2.C5H12O2.22CH4/c1-3-4-7(12-2)8(11)6(10)5-9;1-2-3-8(12,6-10)4-7(11)5-9;1-2-3-6(9)4-7(10)5-8;1-3-4-7(5-8)6(2)9;1-2-3-7(6-9)4-5-8;1-2-3-4-5-7(9)6-8;1-2-3-5(8)6(9)4-7;1-3-4-6(8)5(2)7;1-2-3-6(4-7)5-8;1-2-3-4-6(8)5-7;1-2-3-5(7)4-6;;;;;;;;;;;;;;;;;;;;;;/h6-11H,3-5H2,1-2H3;7,9-12H,2-6H2,1H3;6-10H,2-5H2,1H3;6-9H,3-5H2,1-2H3;2*7-9H,2-6H2,1H3;5-9H,2-4H2,1H3;5-8H,3-4H2,1-2H3;2*6-8H,2-5H2,1H3;5-7H,2-4H2,1H3;22*1H4. The number of unbranched alkanes of at least 4 members (excludes halogenated alkanes) is 3. The van der Waals surface area contributed by atoms with Crippen molar-refractivity contribution in [2.75, 3.05) is 93.0 Å². The van der Waals surface area contributed by atoms with Gasteiger partial charge in [0.1, 0.15) is 18.3 Å². The molecule has 804 valence electrons. The summed E-state index contributed by atoms with van der Waals surface area (Å²) in [7, 11) is 1.48. The van der Waals surface area contributed by atoms with Crippen molar-refractivity contribution >= 4 is 0 Å². The third kappa shape index (κ3) is 190. The van der Waals surface area contributed by atoms with Crippen LogP contribution in [0.4, 0.5) is 0 Å². The van der Waals surface area contributed by atoms with Crippen molar-refractivity contribution in [1.82, 2.24) is 0 Å². The molecule has 123 heavy (non-hydrogen) atoms. The van der Waals surface area contributed by atoms with E-state index in [1.165, 1.54) is 7.11 Å². The Morgan fingerprint density at radius 2 is 0.569 bits per heavy atom. The van der Waals surface area contributed by atoms with Crippen LogP contribution < -0.4 is 0 Å². The molecule has 0 bridgehead atoms. The smallest absolute Gasteiger partial charge is 0.108 e. The minimum absolute atomic E-state index is 0. The van der Waals surface area contributed by atoms with Gasteiger partial charge in [-0.2, -0.15) is 0 Å². The van der Waals surface area contributed by atoms with Gasteiger partial charge in [0.05, 0.1) is 126 Å². The maximum absolute atomic E-state index is 9.60. The van der Waals surface area contributed by atoms with Crippen LogP contribution in [0.2, 0.25) is 0 Å². The summed E-state index contributed by atoms with van der Waals surface area (Å²) in [4.78, 5) is 0. The van der Waals surface area contributed by atoms with Crippen LogP contribution in [0.15, 0.2) is 0 Å². The third-order valence-electron chi connectivity index (χ3n) is 15.0. The van der Waals surface area contributed by atoms with E-state index in [4.69, 9.17) is 132 Å². The minimum atomic E-state index is -1.24. The molecule has 17 atom stereocenters. The molecule has 0 aliphatic carbocycles. The van der Waals surface area contributed by atoms with Gasteiger partial charge < -0.3 is 143 Å². The van der Waals surface area contributed by atoms with Gasteiger partial charge >= 0.3 is 0 Å². The van der Waals surface area contributed by atoms with E-state index >= 15 is 0 Å². The molecule has 0 fully saturated rings. The fraction of sp³-hybridized carbons (Fsp3) is 1.00. The second-order valence-corrected chi connectivity index (χ2v) is 25.5. The van der Waals surface area contributed by atoms with Crippen molar-refractivity contribution in [3.63, 3.8) is 0 Å². The number of aliphatic hydroxyl groups excluding tert-OH is 26. The van der Waals surface area contributed by atoms with Crippen molar-refractivity contribution in [1.29, 1.82) is 0 Å². The molecule has 28 nitrogen and oxygen atoms in total. The van der Waals surface area contributed by atoms with Gasteiger partial charge in [0, 0.05) is 64.8 Å². The van der Waals surface area contributed by atoms with E-state index in [2.05, 4.69) is 20.8 Å². The Balaban J connectivity index is -0.0000000230. The maximum atomic E-state index is 9.60. The fourth-order valence-corrected chi connectivity index (χ4v) is 8.37. The Bertz CT molecular complexity index is 1380. The van der Waals surface area contributed by atoms with E-state index in [1.54, 1.807) is 13.8 Å². The van der Waals surface area contributed by atoms with Gasteiger partial charge in [0.15, 0.2) is 0 Å². The molecule has 0 rings (SSSR count). The summed E-state index contributed by atoms with van der Waals surface area (Å²) >= 11 is 0. The molecule has 0 aliphatic rings. The minimum Gasteiger partial charge on any atom is -0.396 e. The quantitative estimate of drug-likeness (QED) is 0.0252. The SMILES string of the molecule is C.C.C.C.C.C.C.C.C.C.C.C.C.C.C.C.C.C.C.C.C.C.CCCC(CO)C(C)O.CCCC(CO)CCO.CCCC(CO)CO.CCCC(O)(CO)CC(O)CO.CCCC(O)C(C)O.CCCC(O)C(O)CO.CCCC(O)CC(O)CO.CCCC(O)CO.CCCC(OC)C(O)C(O)CO.CCCCC(O)CO.CCCCCC(O)CO. The fourth-order valence-electron chi connectivity index (χ4n) is 8.37. The monoisotopic (exact) mass is 1850 g/mol. The van der Waals surface area contributed by atoms with Gasteiger partial charge in [-0.15, -0.1) is 0 Å². The van der Waals surface area contributed by atoms with E-state index in [0.29, 0.717) is 44.4 Å². The normalized spacial score (nSPS) is 13.1. The number of hydrogen-bond acceptors (Lipinski definition) is 28. The highest BCUT2D eigenvalue weighted by molar-refractivity contribution is 4.80. The van der Waals surface area contributed by atoms with Crippen LogP contribution in [0.5, 0.6) is 0 Å². The molecule has 0 heterocycles. The largest absolute Gasteiger partial charge is 0.396 e. The van der Waals surface area contributed by atoms with Gasteiger partial charge in [-0.3, -0.25) is 0 Å². The van der Waals surface area contributed by atoms with Crippen molar-refractivity contribution in [2.24, 2.45) is 17.8 Å². The van der Waals surface area contributed by atoms with Crippen LogP contribution in [-0.2, 0) is 4.74 Å². The highest BCUT2D eigenvalue weighted by atomic mass is 16.5. The molecular weight excluding hydrogens is 1590 g/mol. The lowest BCUT2D eigenvalue weighted by Gasteiger charge is -2.27. The number of ether oxygens (including phenoxy) is 1. The van der Waals surface area contributed by atoms with Gasteiger partial charge in [0.2, 0.25) is 0 Å². The summed E-state index contributed by atoms with van der Waals surface area (Å²) in [5, 5.41) is 236. The summed E-state index contributed by atoms with van der Waals surface area (Å²) in [5.41, 5.74) is -1.24.